The van der Waals surface area contributed by atoms with Crippen LogP contribution in [0.5, 0.6) is 11.5 Å². The van der Waals surface area contributed by atoms with Crippen molar-refractivity contribution in [3.05, 3.63) is 91.4 Å². The Morgan fingerprint density at radius 1 is 0.946 bits per heavy atom. The number of benzene rings is 2. The van der Waals surface area contributed by atoms with E-state index in [0.29, 0.717) is 40.3 Å². The van der Waals surface area contributed by atoms with Gasteiger partial charge >= 0.3 is 0 Å². The molecule has 0 atom stereocenters. The summed E-state index contributed by atoms with van der Waals surface area (Å²) in [6, 6.07) is 17.5. The topological polar surface area (TPSA) is 156 Å². The lowest BCUT2D eigenvalue weighted by Crippen LogP contribution is -2.18. The van der Waals surface area contributed by atoms with E-state index in [0.717, 1.165) is 5.69 Å². The van der Waals surface area contributed by atoms with Gasteiger partial charge in [-0.25, -0.2) is 4.98 Å². The fraction of sp³-hybridized carbons (Fsp3) is 0.0385. The number of carbonyl (C=O) groups is 2. The second-order valence-electron chi connectivity index (χ2n) is 7.60. The van der Waals surface area contributed by atoms with Crippen LogP contribution < -0.4 is 31.7 Å². The Labute approximate surface area is 212 Å². The second-order valence-corrected chi connectivity index (χ2v) is 7.60. The number of hydrogen-bond acceptors (Lipinski definition) is 9. The van der Waals surface area contributed by atoms with Crippen molar-refractivity contribution in [2.24, 2.45) is 0 Å². The molecule has 2 amide bonds. The normalized spacial score (nSPS) is 10.2. The minimum atomic E-state index is -0.309. The van der Waals surface area contributed by atoms with E-state index in [1.165, 1.54) is 25.5 Å². The molecule has 0 spiro atoms. The molecule has 4 aromatic rings. The third-order valence-corrected chi connectivity index (χ3v) is 4.93. The number of carbonyl (C=O) groups excluding carboxylic acids is 2. The molecule has 0 aliphatic rings. The highest BCUT2D eigenvalue weighted by molar-refractivity contribution is 5.99. The van der Waals surface area contributed by atoms with Crippen molar-refractivity contribution in [2.75, 3.05) is 28.7 Å². The first-order chi connectivity index (χ1) is 17.9. The lowest BCUT2D eigenvalue weighted by atomic mass is 10.2. The summed E-state index contributed by atoms with van der Waals surface area (Å²) < 4.78 is 5.82. The standard InChI is InChI=1S/C26H24N8O3/c1-3-23(35)31-17-5-4-6-18(13-17)32-24-21(27)15-30-26(34-24)33-16-7-9-19(10-8-16)37-20-11-12-29-22(14-20)25(36)28-2/h3-15H,1,27H2,2H3,(H,28,36)(H,31,35)(H2,30,32,33,34). The van der Waals surface area contributed by atoms with Gasteiger partial charge in [-0.05, 0) is 54.6 Å². The molecule has 11 heteroatoms. The summed E-state index contributed by atoms with van der Waals surface area (Å²) in [5, 5.41) is 11.5. The summed E-state index contributed by atoms with van der Waals surface area (Å²) >= 11 is 0. The van der Waals surface area contributed by atoms with Gasteiger partial charge in [-0.15, -0.1) is 0 Å². The summed E-state index contributed by atoms with van der Waals surface area (Å²) in [5.74, 6) is 1.18. The van der Waals surface area contributed by atoms with E-state index in [-0.39, 0.29) is 17.5 Å². The first-order valence-corrected chi connectivity index (χ1v) is 11.1. The van der Waals surface area contributed by atoms with Crippen LogP contribution in [0.3, 0.4) is 0 Å². The fourth-order valence-corrected chi connectivity index (χ4v) is 3.15. The molecule has 0 saturated heterocycles. The van der Waals surface area contributed by atoms with Gasteiger partial charge in [0.05, 0.1) is 11.9 Å². The summed E-state index contributed by atoms with van der Waals surface area (Å²) in [4.78, 5) is 36.0. The van der Waals surface area contributed by atoms with Crippen molar-refractivity contribution in [3.8, 4) is 11.5 Å². The van der Waals surface area contributed by atoms with Crippen LogP contribution in [0.1, 0.15) is 10.5 Å². The second kappa shape index (κ2) is 11.3. The zero-order valence-corrected chi connectivity index (χ0v) is 19.9. The molecule has 0 saturated carbocycles. The highest BCUT2D eigenvalue weighted by Crippen LogP contribution is 2.26. The first kappa shape index (κ1) is 24.7. The number of amides is 2. The monoisotopic (exact) mass is 496 g/mol. The molecule has 11 nitrogen and oxygen atoms in total. The molecule has 4 rings (SSSR count). The molecule has 0 aliphatic carbocycles. The van der Waals surface area contributed by atoms with Gasteiger partial charge in [-0.2, -0.15) is 4.98 Å². The number of nitrogen functional groups attached to an aromatic ring is 1. The Balaban J connectivity index is 1.43. The number of aromatic nitrogens is 3. The Hall–Kier alpha value is -5.45. The van der Waals surface area contributed by atoms with E-state index in [2.05, 4.69) is 42.8 Å². The average molecular weight is 497 g/mol. The molecule has 0 aliphatic heterocycles. The molecule has 0 radical (unpaired) electrons. The van der Waals surface area contributed by atoms with Crippen LogP contribution in [0.25, 0.3) is 0 Å². The molecule has 37 heavy (non-hydrogen) atoms. The van der Waals surface area contributed by atoms with Crippen molar-refractivity contribution >= 4 is 46.3 Å². The van der Waals surface area contributed by atoms with Crippen LogP contribution >= 0.6 is 0 Å². The fourth-order valence-electron chi connectivity index (χ4n) is 3.15. The molecular weight excluding hydrogens is 472 g/mol. The minimum absolute atomic E-state index is 0.261. The van der Waals surface area contributed by atoms with E-state index in [1.54, 1.807) is 54.6 Å². The molecule has 2 aromatic heterocycles. The Morgan fingerprint density at radius 3 is 2.49 bits per heavy atom. The first-order valence-electron chi connectivity index (χ1n) is 11.1. The number of pyridine rings is 1. The molecule has 6 N–H and O–H groups in total. The minimum Gasteiger partial charge on any atom is -0.457 e. The van der Waals surface area contributed by atoms with Crippen LogP contribution in [0.15, 0.2) is 85.7 Å². The largest absolute Gasteiger partial charge is 0.457 e. The van der Waals surface area contributed by atoms with E-state index in [9.17, 15) is 9.59 Å². The van der Waals surface area contributed by atoms with Crippen molar-refractivity contribution in [1.82, 2.24) is 20.3 Å². The maximum Gasteiger partial charge on any atom is 0.269 e. The quantitative estimate of drug-likeness (QED) is 0.214. The lowest BCUT2D eigenvalue weighted by molar-refractivity contribution is -0.111. The number of hydrogen-bond donors (Lipinski definition) is 5. The van der Waals surface area contributed by atoms with Crippen LogP contribution in [0, 0.1) is 0 Å². The summed E-state index contributed by atoms with van der Waals surface area (Å²) in [5.41, 5.74) is 8.66. The molecule has 2 heterocycles. The molecule has 186 valence electrons. The average Bonchev–Trinajstić information content (AvgIpc) is 2.91. The van der Waals surface area contributed by atoms with Gasteiger partial charge < -0.3 is 31.7 Å². The molecule has 0 unspecified atom stereocenters. The number of ether oxygens (including phenoxy) is 1. The van der Waals surface area contributed by atoms with Crippen LogP contribution in [-0.2, 0) is 4.79 Å². The molecule has 0 bridgehead atoms. The predicted molar refractivity (Wildman–Crippen MR) is 142 cm³/mol. The number of nitrogens with one attached hydrogen (secondary N) is 4. The van der Waals surface area contributed by atoms with Crippen LogP contribution in [-0.4, -0.2) is 33.8 Å². The van der Waals surface area contributed by atoms with Gasteiger partial charge in [0.25, 0.3) is 5.91 Å². The maximum absolute atomic E-state index is 11.8. The lowest BCUT2D eigenvalue weighted by Gasteiger charge is -2.12. The Morgan fingerprint density at radius 2 is 1.73 bits per heavy atom. The van der Waals surface area contributed by atoms with Gasteiger partial charge in [0.15, 0.2) is 5.82 Å². The highest BCUT2D eigenvalue weighted by Gasteiger charge is 2.09. The Kier molecular flexibility index (Phi) is 7.55. The molecule has 2 aromatic carbocycles. The van der Waals surface area contributed by atoms with Crippen LogP contribution in [0.2, 0.25) is 0 Å². The molecule has 0 fully saturated rings. The van der Waals surface area contributed by atoms with Crippen LogP contribution in [0.4, 0.5) is 34.5 Å². The maximum atomic E-state index is 11.8. The van der Waals surface area contributed by atoms with Gasteiger partial charge in [-0.3, -0.25) is 14.6 Å². The van der Waals surface area contributed by atoms with Crippen molar-refractivity contribution in [2.45, 2.75) is 0 Å². The zero-order valence-electron chi connectivity index (χ0n) is 19.9. The van der Waals surface area contributed by atoms with Gasteiger partial charge in [0.2, 0.25) is 11.9 Å². The third-order valence-electron chi connectivity index (χ3n) is 4.93. The number of rotatable bonds is 9. The van der Waals surface area contributed by atoms with Gasteiger partial charge in [0, 0.05) is 36.4 Å². The number of nitrogens with zero attached hydrogens (tertiary/aromatic N) is 3. The SMILES string of the molecule is C=CC(=O)Nc1cccc(Nc2nc(Nc3ccc(Oc4ccnc(C(=O)NC)c4)cc3)ncc2N)c1. The van der Waals surface area contributed by atoms with E-state index in [1.807, 2.05) is 6.07 Å². The van der Waals surface area contributed by atoms with Crippen molar-refractivity contribution < 1.29 is 14.3 Å². The Bertz CT molecular complexity index is 1440. The van der Waals surface area contributed by atoms with Gasteiger partial charge in [-0.1, -0.05) is 12.6 Å². The number of nitrogens with two attached hydrogens (primary N) is 1. The smallest absolute Gasteiger partial charge is 0.269 e. The van der Waals surface area contributed by atoms with Crippen molar-refractivity contribution in [3.63, 3.8) is 0 Å². The number of anilines is 6. The predicted octanol–water partition coefficient (Wildman–Crippen LogP) is 4.22. The zero-order chi connectivity index (χ0) is 26.2. The summed E-state index contributed by atoms with van der Waals surface area (Å²) in [6.45, 7) is 3.45. The van der Waals surface area contributed by atoms with E-state index < -0.39 is 0 Å². The van der Waals surface area contributed by atoms with E-state index in [4.69, 9.17) is 10.5 Å². The summed E-state index contributed by atoms with van der Waals surface area (Å²) in [7, 11) is 1.54. The molecular formula is C26H24N8O3. The highest BCUT2D eigenvalue weighted by atomic mass is 16.5. The van der Waals surface area contributed by atoms with E-state index >= 15 is 0 Å². The summed E-state index contributed by atoms with van der Waals surface area (Å²) in [6.07, 6.45) is 4.20. The van der Waals surface area contributed by atoms with Crippen molar-refractivity contribution in [1.29, 1.82) is 0 Å². The van der Waals surface area contributed by atoms with Gasteiger partial charge in [0.1, 0.15) is 17.2 Å². The third kappa shape index (κ3) is 6.57.